The quantitative estimate of drug-likeness (QED) is 0.370. The Balaban J connectivity index is 1.43. The van der Waals surface area contributed by atoms with Crippen LogP contribution in [0.5, 0.6) is 0 Å². The Bertz CT molecular complexity index is 947. The van der Waals surface area contributed by atoms with Gasteiger partial charge in [0.05, 0.1) is 18.6 Å². The van der Waals surface area contributed by atoms with Gasteiger partial charge in [0, 0.05) is 45.0 Å². The zero-order valence-corrected chi connectivity index (χ0v) is 20.1. The van der Waals surface area contributed by atoms with E-state index in [1.807, 2.05) is 30.3 Å². The highest BCUT2D eigenvalue weighted by molar-refractivity contribution is 5.92. The van der Waals surface area contributed by atoms with Crippen LogP contribution in [0, 0.1) is 5.92 Å². The minimum atomic E-state index is -1.37. The van der Waals surface area contributed by atoms with Gasteiger partial charge in [0.1, 0.15) is 12.6 Å². The van der Waals surface area contributed by atoms with Crippen molar-refractivity contribution in [2.45, 2.75) is 31.4 Å². The summed E-state index contributed by atoms with van der Waals surface area (Å²) in [7, 11) is 0. The molecule has 4 amide bonds. The number of hydrogen-bond donors (Lipinski definition) is 3. The Kier molecular flexibility index (Phi) is 8.26. The van der Waals surface area contributed by atoms with Gasteiger partial charge in [-0.15, -0.1) is 0 Å². The van der Waals surface area contributed by atoms with Crippen LogP contribution < -0.4 is 10.4 Å². The molecule has 1 aromatic rings. The predicted octanol–water partition coefficient (Wildman–Crippen LogP) is 0.217. The first-order chi connectivity index (χ1) is 17.4. The molecule has 3 aliphatic heterocycles. The van der Waals surface area contributed by atoms with Crippen LogP contribution in [0.4, 0.5) is 10.5 Å². The number of anilines is 1. The number of carbonyl (C=O) groups excluding carboxylic acids is 3. The van der Waals surface area contributed by atoms with Gasteiger partial charge in [-0.25, -0.2) is 10.3 Å². The van der Waals surface area contributed by atoms with Crippen molar-refractivity contribution in [1.29, 1.82) is 0 Å². The summed E-state index contributed by atoms with van der Waals surface area (Å²) in [6.45, 7) is 2.82. The molecule has 0 aliphatic carbocycles. The second-order valence-electron chi connectivity index (χ2n) is 9.37. The van der Waals surface area contributed by atoms with Crippen LogP contribution in [0.3, 0.4) is 0 Å². The topological polar surface area (TPSA) is 143 Å². The van der Waals surface area contributed by atoms with Gasteiger partial charge in [-0.3, -0.25) is 24.5 Å². The number of likely N-dealkylation sites (tertiary alicyclic amines) is 2. The summed E-state index contributed by atoms with van der Waals surface area (Å²) in [5.74, 6) is -2.69. The van der Waals surface area contributed by atoms with Gasteiger partial charge in [-0.1, -0.05) is 18.2 Å². The molecule has 36 heavy (non-hydrogen) atoms. The number of amides is 4. The van der Waals surface area contributed by atoms with Crippen LogP contribution in [0.1, 0.15) is 19.3 Å². The molecule has 4 rings (SSSR count). The largest absolute Gasteiger partial charge is 0.465 e. The Morgan fingerprint density at radius 1 is 0.944 bits per heavy atom. The van der Waals surface area contributed by atoms with Crippen molar-refractivity contribution in [3.63, 3.8) is 0 Å². The fourth-order valence-electron chi connectivity index (χ4n) is 5.25. The molecule has 0 saturated carbocycles. The molecule has 196 valence electrons. The van der Waals surface area contributed by atoms with E-state index in [0.29, 0.717) is 39.3 Å². The molecule has 0 radical (unpaired) electrons. The van der Waals surface area contributed by atoms with Crippen LogP contribution in [-0.2, 0) is 19.1 Å². The van der Waals surface area contributed by atoms with Crippen molar-refractivity contribution in [3.8, 4) is 0 Å². The molecule has 0 bridgehead atoms. The number of nitrogens with one attached hydrogen (secondary N) is 1. The number of para-hydroxylation sites is 1. The van der Waals surface area contributed by atoms with Crippen LogP contribution >= 0.6 is 0 Å². The van der Waals surface area contributed by atoms with E-state index in [2.05, 4.69) is 4.90 Å². The van der Waals surface area contributed by atoms with Crippen molar-refractivity contribution in [2.75, 3.05) is 57.3 Å². The molecule has 3 fully saturated rings. The van der Waals surface area contributed by atoms with Gasteiger partial charge < -0.3 is 24.5 Å². The Morgan fingerprint density at radius 2 is 1.61 bits per heavy atom. The standard InChI is InChI=1S/C24H33N5O7/c30-20(27-8-4-5-9-27)16-36-18-14-19(22(31)25-35)21(29(15-18)24(33)34)23(32)28-12-10-26(11-13-28)17-6-2-1-3-7-17/h1-3,6-7,18-19,21,35H,4-5,8-16H2,(H,25,31)(H,33,34)/t18-,19-,21-/m0/s1. The molecular weight excluding hydrogens is 470 g/mol. The first-order valence-electron chi connectivity index (χ1n) is 12.3. The van der Waals surface area contributed by atoms with E-state index in [9.17, 15) is 29.5 Å². The average molecular weight is 504 g/mol. The number of piperidine rings is 1. The maximum atomic E-state index is 13.5. The SMILES string of the molecule is O=C(NO)[C@H]1C[C@H](OCC(=O)N2CCCC2)CN(C(=O)O)[C@@H]1C(=O)N1CCN(c2ccccc2)CC1. The average Bonchev–Trinajstić information content (AvgIpc) is 3.46. The fourth-order valence-corrected chi connectivity index (χ4v) is 5.25. The number of hydroxylamine groups is 1. The van der Waals surface area contributed by atoms with Crippen molar-refractivity contribution < 1.29 is 34.2 Å². The maximum Gasteiger partial charge on any atom is 0.408 e. The maximum absolute atomic E-state index is 13.5. The molecule has 3 atom stereocenters. The third kappa shape index (κ3) is 5.71. The lowest BCUT2D eigenvalue weighted by molar-refractivity contribution is -0.155. The summed E-state index contributed by atoms with van der Waals surface area (Å²) in [5.41, 5.74) is 2.61. The van der Waals surface area contributed by atoms with Crippen molar-refractivity contribution in [1.82, 2.24) is 20.2 Å². The van der Waals surface area contributed by atoms with E-state index in [0.717, 1.165) is 23.4 Å². The third-order valence-corrected chi connectivity index (χ3v) is 7.19. The molecule has 3 saturated heterocycles. The first-order valence-corrected chi connectivity index (χ1v) is 12.3. The zero-order chi connectivity index (χ0) is 25.7. The lowest BCUT2D eigenvalue weighted by Crippen LogP contribution is -2.64. The molecule has 12 heteroatoms. The summed E-state index contributed by atoms with van der Waals surface area (Å²) >= 11 is 0. The molecule has 0 aromatic heterocycles. The number of benzene rings is 1. The molecule has 0 unspecified atom stereocenters. The molecule has 12 nitrogen and oxygen atoms in total. The fraction of sp³-hybridized carbons (Fsp3) is 0.583. The highest BCUT2D eigenvalue weighted by Gasteiger charge is 2.48. The van der Waals surface area contributed by atoms with E-state index in [1.165, 1.54) is 0 Å². The molecule has 0 spiro atoms. The van der Waals surface area contributed by atoms with Gasteiger partial charge in [0.25, 0.3) is 0 Å². The van der Waals surface area contributed by atoms with E-state index in [1.54, 1.807) is 15.3 Å². The second-order valence-corrected chi connectivity index (χ2v) is 9.37. The smallest absolute Gasteiger partial charge is 0.408 e. The normalized spacial score (nSPS) is 24.5. The summed E-state index contributed by atoms with van der Waals surface area (Å²) in [6.07, 6.45) is -0.266. The number of carbonyl (C=O) groups is 4. The van der Waals surface area contributed by atoms with Crippen LogP contribution in [0.15, 0.2) is 30.3 Å². The number of rotatable bonds is 6. The molecule has 1 aromatic carbocycles. The number of ether oxygens (including phenoxy) is 1. The van der Waals surface area contributed by atoms with Crippen LogP contribution in [0.2, 0.25) is 0 Å². The molecular formula is C24H33N5O7. The lowest BCUT2D eigenvalue weighted by Gasteiger charge is -2.44. The monoisotopic (exact) mass is 503 g/mol. The highest BCUT2D eigenvalue weighted by atomic mass is 16.5. The van der Waals surface area contributed by atoms with Crippen molar-refractivity contribution in [3.05, 3.63) is 30.3 Å². The first kappa shape index (κ1) is 25.7. The van der Waals surface area contributed by atoms with Gasteiger partial charge in [-0.05, 0) is 31.4 Å². The minimum absolute atomic E-state index is 0.00381. The summed E-state index contributed by atoms with van der Waals surface area (Å²) in [5, 5.41) is 19.2. The number of carboxylic acid groups (broad SMARTS) is 1. The summed E-state index contributed by atoms with van der Waals surface area (Å²) < 4.78 is 5.71. The predicted molar refractivity (Wildman–Crippen MR) is 127 cm³/mol. The van der Waals surface area contributed by atoms with Crippen LogP contribution in [-0.4, -0.2) is 113 Å². The van der Waals surface area contributed by atoms with Gasteiger partial charge >= 0.3 is 6.09 Å². The van der Waals surface area contributed by atoms with E-state index >= 15 is 0 Å². The van der Waals surface area contributed by atoms with E-state index in [4.69, 9.17) is 4.74 Å². The highest BCUT2D eigenvalue weighted by Crippen LogP contribution is 2.29. The molecule has 3 heterocycles. The number of piperazine rings is 1. The van der Waals surface area contributed by atoms with E-state index < -0.39 is 36.0 Å². The van der Waals surface area contributed by atoms with E-state index in [-0.39, 0.29) is 25.5 Å². The molecule has 3 aliphatic rings. The number of hydrogen-bond acceptors (Lipinski definition) is 7. The van der Waals surface area contributed by atoms with Gasteiger partial charge in [0.2, 0.25) is 17.7 Å². The second kappa shape index (κ2) is 11.6. The Morgan fingerprint density at radius 3 is 2.22 bits per heavy atom. The Hall–Kier alpha value is -3.38. The summed E-state index contributed by atoms with van der Waals surface area (Å²) in [4.78, 5) is 56.9. The van der Waals surface area contributed by atoms with Gasteiger partial charge in [-0.2, -0.15) is 0 Å². The summed E-state index contributed by atoms with van der Waals surface area (Å²) in [6, 6.07) is 8.48. The Labute approximate surface area is 209 Å². The van der Waals surface area contributed by atoms with Gasteiger partial charge in [0.15, 0.2) is 0 Å². The molecule has 3 N–H and O–H groups in total. The van der Waals surface area contributed by atoms with Crippen LogP contribution in [0.25, 0.3) is 0 Å². The van der Waals surface area contributed by atoms with Crippen molar-refractivity contribution in [2.24, 2.45) is 5.92 Å². The number of nitrogens with zero attached hydrogens (tertiary/aromatic N) is 4. The van der Waals surface area contributed by atoms with Crippen molar-refractivity contribution >= 4 is 29.5 Å². The lowest BCUT2D eigenvalue weighted by atomic mass is 9.86. The third-order valence-electron chi connectivity index (χ3n) is 7.19. The zero-order valence-electron chi connectivity index (χ0n) is 20.1. The minimum Gasteiger partial charge on any atom is -0.465 e.